The number of nitrogens with one attached hydrogen (secondary N) is 1. The van der Waals surface area contributed by atoms with Crippen molar-refractivity contribution in [3.8, 4) is 0 Å². The molecule has 0 aromatic heterocycles. The lowest BCUT2D eigenvalue weighted by atomic mass is 10.2. The number of benzene rings is 2. The molecule has 114 valence electrons. The third-order valence-corrected chi connectivity index (χ3v) is 3.14. The Hall–Kier alpha value is -2.53. The van der Waals surface area contributed by atoms with Crippen LogP contribution in [-0.4, -0.2) is 28.6 Å². The first-order valence-electron chi connectivity index (χ1n) is 6.62. The van der Waals surface area contributed by atoms with Crippen LogP contribution in [0.3, 0.4) is 0 Å². The molecule has 0 unspecified atom stereocenters. The predicted molar refractivity (Wildman–Crippen MR) is 85.0 cm³/mol. The van der Waals surface area contributed by atoms with Crippen LogP contribution in [0, 0.1) is 0 Å². The Morgan fingerprint density at radius 2 is 1.82 bits per heavy atom. The normalized spacial score (nSPS) is 10.0. The molecule has 2 aromatic rings. The number of aliphatic carboxylic acids is 1. The maximum atomic E-state index is 12.3. The van der Waals surface area contributed by atoms with Crippen molar-refractivity contribution in [1.29, 1.82) is 0 Å². The standard InChI is InChI=1S/C16H15ClN2O3/c17-13-7-4-8-14(9-13)18-16(22)19(11-15(20)21)10-12-5-2-1-3-6-12/h1-9H,10-11H2,(H,18,22)(H,20,21). The third-order valence-electron chi connectivity index (χ3n) is 2.91. The number of nitrogens with zero attached hydrogens (tertiary/aromatic N) is 1. The molecule has 0 radical (unpaired) electrons. The minimum atomic E-state index is -1.07. The van der Waals surface area contributed by atoms with Crippen LogP contribution in [0.2, 0.25) is 5.02 Å². The van der Waals surface area contributed by atoms with E-state index in [2.05, 4.69) is 5.32 Å². The number of anilines is 1. The summed E-state index contributed by atoms with van der Waals surface area (Å²) in [7, 11) is 0. The van der Waals surface area contributed by atoms with Gasteiger partial charge in [0.1, 0.15) is 6.54 Å². The molecule has 0 saturated carbocycles. The van der Waals surface area contributed by atoms with E-state index >= 15 is 0 Å². The van der Waals surface area contributed by atoms with Crippen LogP contribution in [0.4, 0.5) is 10.5 Å². The fourth-order valence-corrected chi connectivity index (χ4v) is 2.13. The molecule has 0 spiro atoms. The first kappa shape index (κ1) is 15.9. The van der Waals surface area contributed by atoms with Gasteiger partial charge in [0, 0.05) is 17.3 Å². The summed E-state index contributed by atoms with van der Waals surface area (Å²) in [5.74, 6) is -1.07. The largest absolute Gasteiger partial charge is 0.480 e. The Labute approximate surface area is 133 Å². The summed E-state index contributed by atoms with van der Waals surface area (Å²) in [6.45, 7) is -0.180. The number of hydrogen-bond acceptors (Lipinski definition) is 2. The van der Waals surface area contributed by atoms with Crippen molar-refractivity contribution in [2.75, 3.05) is 11.9 Å². The van der Waals surface area contributed by atoms with Crippen LogP contribution in [0.25, 0.3) is 0 Å². The molecule has 6 heteroatoms. The zero-order valence-corrected chi connectivity index (χ0v) is 12.5. The molecular weight excluding hydrogens is 304 g/mol. The second kappa shape index (κ2) is 7.47. The summed E-state index contributed by atoms with van der Waals surface area (Å²) in [4.78, 5) is 24.5. The van der Waals surface area contributed by atoms with Gasteiger partial charge in [0.15, 0.2) is 0 Å². The van der Waals surface area contributed by atoms with E-state index < -0.39 is 12.0 Å². The molecule has 5 nitrogen and oxygen atoms in total. The summed E-state index contributed by atoms with van der Waals surface area (Å²) in [6, 6.07) is 15.4. The highest BCUT2D eigenvalue weighted by molar-refractivity contribution is 6.30. The number of carboxylic acid groups (broad SMARTS) is 1. The lowest BCUT2D eigenvalue weighted by molar-refractivity contribution is -0.137. The van der Waals surface area contributed by atoms with Gasteiger partial charge in [0.25, 0.3) is 0 Å². The van der Waals surface area contributed by atoms with E-state index in [9.17, 15) is 9.59 Å². The number of rotatable bonds is 5. The minimum absolute atomic E-state index is 0.208. The topological polar surface area (TPSA) is 69.6 Å². The number of halogens is 1. The molecule has 22 heavy (non-hydrogen) atoms. The van der Waals surface area contributed by atoms with Crippen molar-refractivity contribution in [2.45, 2.75) is 6.54 Å². The van der Waals surface area contributed by atoms with Crippen molar-refractivity contribution in [1.82, 2.24) is 4.90 Å². The quantitative estimate of drug-likeness (QED) is 0.887. The minimum Gasteiger partial charge on any atom is -0.480 e. The average molecular weight is 319 g/mol. The molecule has 2 amide bonds. The second-order valence-electron chi connectivity index (χ2n) is 4.68. The van der Waals surface area contributed by atoms with Crippen LogP contribution in [-0.2, 0) is 11.3 Å². The molecule has 0 fully saturated rings. The van der Waals surface area contributed by atoms with Crippen molar-refractivity contribution in [2.24, 2.45) is 0 Å². The molecule has 0 aliphatic rings. The number of hydrogen-bond donors (Lipinski definition) is 2. The van der Waals surface area contributed by atoms with Crippen molar-refractivity contribution >= 4 is 29.3 Å². The monoisotopic (exact) mass is 318 g/mol. The van der Waals surface area contributed by atoms with E-state index in [4.69, 9.17) is 16.7 Å². The fraction of sp³-hybridized carbons (Fsp3) is 0.125. The molecule has 0 aliphatic heterocycles. The summed E-state index contributed by atoms with van der Waals surface area (Å²) >= 11 is 5.86. The van der Waals surface area contributed by atoms with Crippen molar-refractivity contribution in [3.05, 3.63) is 65.2 Å². The Kier molecular flexibility index (Phi) is 5.38. The van der Waals surface area contributed by atoms with Gasteiger partial charge in [0.2, 0.25) is 0 Å². The Morgan fingerprint density at radius 3 is 2.45 bits per heavy atom. The molecule has 2 N–H and O–H groups in total. The lowest BCUT2D eigenvalue weighted by Crippen LogP contribution is -2.38. The molecular formula is C16H15ClN2O3. The first-order valence-corrected chi connectivity index (χ1v) is 6.99. The molecule has 0 saturated heterocycles. The summed E-state index contributed by atoms with van der Waals surface area (Å²) in [5, 5.41) is 12.1. The molecule has 0 atom stereocenters. The van der Waals surface area contributed by atoms with E-state index in [1.165, 1.54) is 4.90 Å². The van der Waals surface area contributed by atoms with E-state index in [-0.39, 0.29) is 13.1 Å². The first-order chi connectivity index (χ1) is 10.5. The van der Waals surface area contributed by atoms with E-state index in [0.29, 0.717) is 10.7 Å². The van der Waals surface area contributed by atoms with Gasteiger partial charge in [-0.15, -0.1) is 0 Å². The van der Waals surface area contributed by atoms with Gasteiger partial charge in [0.05, 0.1) is 0 Å². The SMILES string of the molecule is O=C(O)CN(Cc1ccccc1)C(=O)Nc1cccc(Cl)c1. The summed E-state index contributed by atoms with van der Waals surface area (Å²) in [5.41, 5.74) is 1.37. The lowest BCUT2D eigenvalue weighted by Gasteiger charge is -2.21. The summed E-state index contributed by atoms with van der Waals surface area (Å²) in [6.07, 6.45) is 0. The fourth-order valence-electron chi connectivity index (χ4n) is 1.94. The van der Waals surface area contributed by atoms with E-state index in [0.717, 1.165) is 5.56 Å². The maximum Gasteiger partial charge on any atom is 0.323 e. The van der Waals surface area contributed by atoms with Crippen molar-refractivity contribution in [3.63, 3.8) is 0 Å². The van der Waals surface area contributed by atoms with E-state index in [1.54, 1.807) is 24.3 Å². The van der Waals surface area contributed by atoms with Crippen molar-refractivity contribution < 1.29 is 14.7 Å². The van der Waals surface area contributed by atoms with Crippen LogP contribution >= 0.6 is 11.6 Å². The van der Waals surface area contributed by atoms with Crippen LogP contribution < -0.4 is 5.32 Å². The number of amides is 2. The molecule has 2 rings (SSSR count). The maximum absolute atomic E-state index is 12.3. The Bertz CT molecular complexity index is 661. The molecule has 0 aliphatic carbocycles. The highest BCUT2D eigenvalue weighted by Crippen LogP contribution is 2.16. The van der Waals surface area contributed by atoms with Gasteiger partial charge in [-0.2, -0.15) is 0 Å². The molecule has 0 bridgehead atoms. The van der Waals surface area contributed by atoms with E-state index in [1.807, 2.05) is 30.3 Å². The highest BCUT2D eigenvalue weighted by atomic mass is 35.5. The predicted octanol–water partition coefficient (Wildman–Crippen LogP) is 3.46. The van der Waals surface area contributed by atoms with Gasteiger partial charge < -0.3 is 15.3 Å². The average Bonchev–Trinajstić information content (AvgIpc) is 2.47. The smallest absolute Gasteiger partial charge is 0.323 e. The third kappa shape index (κ3) is 4.79. The highest BCUT2D eigenvalue weighted by Gasteiger charge is 2.17. The molecule has 0 heterocycles. The zero-order chi connectivity index (χ0) is 15.9. The molecule has 2 aromatic carbocycles. The summed E-state index contributed by atoms with van der Waals surface area (Å²) < 4.78 is 0. The van der Waals surface area contributed by atoms with Gasteiger partial charge >= 0.3 is 12.0 Å². The van der Waals surface area contributed by atoms with Gasteiger partial charge in [-0.05, 0) is 23.8 Å². The van der Waals surface area contributed by atoms with Crippen LogP contribution in [0.15, 0.2) is 54.6 Å². The number of carboxylic acids is 1. The zero-order valence-electron chi connectivity index (χ0n) is 11.7. The Morgan fingerprint density at radius 1 is 1.09 bits per heavy atom. The van der Waals surface area contributed by atoms with Gasteiger partial charge in [-0.25, -0.2) is 4.79 Å². The second-order valence-corrected chi connectivity index (χ2v) is 5.11. The van der Waals surface area contributed by atoms with Crippen LogP contribution in [0.5, 0.6) is 0 Å². The Balaban J connectivity index is 2.10. The van der Waals surface area contributed by atoms with Gasteiger partial charge in [-0.1, -0.05) is 48.0 Å². The van der Waals surface area contributed by atoms with Gasteiger partial charge in [-0.3, -0.25) is 4.79 Å². The number of carbonyl (C=O) groups is 2. The number of urea groups is 1. The number of carbonyl (C=O) groups excluding carboxylic acids is 1. The van der Waals surface area contributed by atoms with Crippen LogP contribution in [0.1, 0.15) is 5.56 Å².